The minimum Gasteiger partial charge on any atom is -0.362 e. The number of hydrogen-bond donors (Lipinski definition) is 1. The maximum absolute atomic E-state index is 4.66. The Morgan fingerprint density at radius 1 is 1.00 bits per heavy atom. The molecule has 3 rings (SSSR count). The van der Waals surface area contributed by atoms with Crippen LogP contribution in [0.4, 0.5) is 5.13 Å². The van der Waals surface area contributed by atoms with E-state index in [-0.39, 0.29) is 0 Å². The number of rotatable bonds is 6. The number of pyridine rings is 1. The third kappa shape index (κ3) is 3.42. The lowest BCUT2D eigenvalue weighted by Gasteiger charge is -2.10. The average Bonchev–Trinajstić information content (AvgIpc) is 3.08. The van der Waals surface area contributed by atoms with Gasteiger partial charge >= 0.3 is 0 Å². The van der Waals surface area contributed by atoms with Crippen LogP contribution in [-0.4, -0.2) is 16.5 Å². The minimum atomic E-state index is 0.950. The molecule has 0 aliphatic rings. The molecular weight excluding hydrogens is 302 g/mol. The lowest BCUT2D eigenvalue weighted by Crippen LogP contribution is -1.97. The molecule has 0 atom stereocenters. The van der Waals surface area contributed by atoms with Crippen molar-refractivity contribution in [2.24, 2.45) is 0 Å². The Kier molecular flexibility index (Phi) is 5.03. The standard InChI is InChI=1S/C19H21N3S/c1-3-11-21-19-22-13-17(23-19)16-10-7-12-20-18(16)15-9-6-5-8-14(15)4-2/h5-10,12-13H,3-4,11H2,1-2H3,(H,21,22). The number of anilines is 1. The summed E-state index contributed by atoms with van der Waals surface area (Å²) in [5, 5.41) is 4.33. The largest absolute Gasteiger partial charge is 0.362 e. The quantitative estimate of drug-likeness (QED) is 0.672. The SMILES string of the molecule is CCCNc1ncc(-c2cccnc2-c2ccccc2CC)s1. The Morgan fingerprint density at radius 3 is 2.65 bits per heavy atom. The lowest BCUT2D eigenvalue weighted by molar-refractivity contribution is 0.976. The summed E-state index contributed by atoms with van der Waals surface area (Å²) < 4.78 is 0. The summed E-state index contributed by atoms with van der Waals surface area (Å²) in [6.45, 7) is 5.29. The Hall–Kier alpha value is -2.20. The van der Waals surface area contributed by atoms with Gasteiger partial charge in [0.1, 0.15) is 0 Å². The van der Waals surface area contributed by atoms with E-state index in [4.69, 9.17) is 0 Å². The van der Waals surface area contributed by atoms with Crippen molar-refractivity contribution in [1.82, 2.24) is 9.97 Å². The molecule has 0 aliphatic carbocycles. The fourth-order valence-corrected chi connectivity index (χ4v) is 3.46. The molecule has 1 N–H and O–H groups in total. The monoisotopic (exact) mass is 323 g/mol. The van der Waals surface area contributed by atoms with Crippen molar-refractivity contribution in [2.45, 2.75) is 26.7 Å². The van der Waals surface area contributed by atoms with E-state index in [1.54, 1.807) is 11.3 Å². The van der Waals surface area contributed by atoms with Gasteiger partial charge in [0.15, 0.2) is 5.13 Å². The predicted molar refractivity (Wildman–Crippen MR) is 98.9 cm³/mol. The maximum Gasteiger partial charge on any atom is 0.183 e. The van der Waals surface area contributed by atoms with Crippen LogP contribution in [0.15, 0.2) is 48.8 Å². The van der Waals surface area contributed by atoms with Gasteiger partial charge in [0, 0.05) is 30.1 Å². The van der Waals surface area contributed by atoms with Crippen LogP contribution >= 0.6 is 11.3 Å². The van der Waals surface area contributed by atoms with Gasteiger partial charge in [-0.05, 0) is 30.5 Å². The molecule has 2 aromatic heterocycles. The van der Waals surface area contributed by atoms with E-state index in [0.29, 0.717) is 0 Å². The number of aryl methyl sites for hydroxylation is 1. The van der Waals surface area contributed by atoms with Gasteiger partial charge < -0.3 is 5.32 Å². The average molecular weight is 323 g/mol. The van der Waals surface area contributed by atoms with Gasteiger partial charge in [-0.2, -0.15) is 0 Å². The molecule has 118 valence electrons. The fraction of sp³-hybridized carbons (Fsp3) is 0.263. The Morgan fingerprint density at radius 2 is 1.83 bits per heavy atom. The number of benzene rings is 1. The summed E-state index contributed by atoms with van der Waals surface area (Å²) >= 11 is 1.69. The molecule has 23 heavy (non-hydrogen) atoms. The first-order chi connectivity index (χ1) is 11.3. The van der Waals surface area contributed by atoms with E-state index >= 15 is 0 Å². The molecule has 0 spiro atoms. The van der Waals surface area contributed by atoms with Gasteiger partial charge in [-0.15, -0.1) is 0 Å². The Labute approximate surface area is 141 Å². The molecule has 0 bridgehead atoms. The summed E-state index contributed by atoms with van der Waals surface area (Å²) in [5.74, 6) is 0. The van der Waals surface area contributed by atoms with Crippen LogP contribution in [0.2, 0.25) is 0 Å². The van der Waals surface area contributed by atoms with Gasteiger partial charge in [-0.1, -0.05) is 49.4 Å². The summed E-state index contributed by atoms with van der Waals surface area (Å²) in [6.07, 6.45) is 5.90. The molecule has 4 heteroatoms. The van der Waals surface area contributed by atoms with Crippen molar-refractivity contribution in [3.63, 3.8) is 0 Å². The van der Waals surface area contributed by atoms with Crippen molar-refractivity contribution < 1.29 is 0 Å². The number of hydrogen-bond acceptors (Lipinski definition) is 4. The molecule has 0 saturated carbocycles. The number of aromatic nitrogens is 2. The highest BCUT2D eigenvalue weighted by molar-refractivity contribution is 7.18. The highest BCUT2D eigenvalue weighted by atomic mass is 32.1. The zero-order chi connectivity index (χ0) is 16.1. The zero-order valence-electron chi connectivity index (χ0n) is 13.5. The maximum atomic E-state index is 4.66. The number of nitrogens with zero attached hydrogens (tertiary/aromatic N) is 2. The van der Waals surface area contributed by atoms with Crippen LogP contribution < -0.4 is 5.32 Å². The van der Waals surface area contributed by atoms with Crippen LogP contribution in [0, 0.1) is 0 Å². The summed E-state index contributed by atoms with van der Waals surface area (Å²) in [5.41, 5.74) is 4.72. The van der Waals surface area contributed by atoms with E-state index in [9.17, 15) is 0 Å². The van der Waals surface area contributed by atoms with Crippen molar-refractivity contribution in [3.05, 3.63) is 54.4 Å². The fourth-order valence-electron chi connectivity index (χ4n) is 2.59. The second kappa shape index (κ2) is 7.38. The van der Waals surface area contributed by atoms with Crippen molar-refractivity contribution in [3.8, 4) is 21.7 Å². The van der Waals surface area contributed by atoms with Gasteiger partial charge in [0.25, 0.3) is 0 Å². The molecule has 0 saturated heterocycles. The highest BCUT2D eigenvalue weighted by Crippen LogP contribution is 2.36. The first kappa shape index (κ1) is 15.7. The molecule has 0 amide bonds. The van der Waals surface area contributed by atoms with Crippen LogP contribution in [0.25, 0.3) is 21.7 Å². The Bertz CT molecular complexity index is 780. The first-order valence-corrected chi connectivity index (χ1v) is 8.88. The van der Waals surface area contributed by atoms with E-state index in [1.807, 2.05) is 18.5 Å². The minimum absolute atomic E-state index is 0.950. The number of nitrogens with one attached hydrogen (secondary N) is 1. The molecule has 0 aliphatic heterocycles. The molecule has 3 nitrogen and oxygen atoms in total. The van der Waals surface area contributed by atoms with Crippen LogP contribution in [0.5, 0.6) is 0 Å². The predicted octanol–water partition coefficient (Wildman–Crippen LogP) is 5.26. The van der Waals surface area contributed by atoms with Crippen molar-refractivity contribution in [2.75, 3.05) is 11.9 Å². The zero-order valence-corrected chi connectivity index (χ0v) is 14.4. The molecule has 1 aromatic carbocycles. The second-order valence-corrected chi connectivity index (χ2v) is 6.40. The van der Waals surface area contributed by atoms with Crippen LogP contribution in [-0.2, 0) is 6.42 Å². The highest BCUT2D eigenvalue weighted by Gasteiger charge is 2.13. The van der Waals surface area contributed by atoms with Gasteiger partial charge in [-0.3, -0.25) is 4.98 Å². The second-order valence-electron chi connectivity index (χ2n) is 5.37. The smallest absolute Gasteiger partial charge is 0.183 e. The van der Waals surface area contributed by atoms with Crippen molar-refractivity contribution in [1.29, 1.82) is 0 Å². The third-order valence-electron chi connectivity index (χ3n) is 3.76. The van der Waals surface area contributed by atoms with Gasteiger partial charge in [0.05, 0.1) is 10.6 Å². The summed E-state index contributed by atoms with van der Waals surface area (Å²) in [4.78, 5) is 10.3. The molecule has 3 aromatic rings. The van der Waals surface area contributed by atoms with E-state index in [1.165, 1.54) is 11.1 Å². The van der Waals surface area contributed by atoms with Crippen LogP contribution in [0.3, 0.4) is 0 Å². The molecule has 0 unspecified atom stereocenters. The lowest BCUT2D eigenvalue weighted by atomic mass is 9.98. The third-order valence-corrected chi connectivity index (χ3v) is 4.75. The van der Waals surface area contributed by atoms with Gasteiger partial charge in [0.2, 0.25) is 0 Å². The molecule has 0 radical (unpaired) electrons. The van der Waals surface area contributed by atoms with Crippen LogP contribution in [0.1, 0.15) is 25.8 Å². The van der Waals surface area contributed by atoms with Crippen molar-refractivity contribution >= 4 is 16.5 Å². The summed E-state index contributed by atoms with van der Waals surface area (Å²) in [6, 6.07) is 12.6. The van der Waals surface area contributed by atoms with E-state index in [0.717, 1.165) is 40.7 Å². The first-order valence-electron chi connectivity index (χ1n) is 8.06. The topological polar surface area (TPSA) is 37.8 Å². The molecule has 2 heterocycles. The number of thiazole rings is 1. The Balaban J connectivity index is 2.03. The molecule has 0 fully saturated rings. The summed E-state index contributed by atoms with van der Waals surface area (Å²) in [7, 11) is 0. The van der Waals surface area contributed by atoms with E-state index in [2.05, 4.69) is 59.5 Å². The molecular formula is C19H21N3S. The van der Waals surface area contributed by atoms with E-state index < -0.39 is 0 Å². The normalized spacial score (nSPS) is 10.7. The van der Waals surface area contributed by atoms with Gasteiger partial charge in [-0.25, -0.2) is 4.98 Å².